The summed E-state index contributed by atoms with van der Waals surface area (Å²) in [6.45, 7) is 4.61. The zero-order valence-electron chi connectivity index (χ0n) is 15.5. The lowest BCUT2D eigenvalue weighted by atomic mass is 9.99. The number of carbonyl (C=O) groups is 1. The molecule has 0 saturated heterocycles. The van der Waals surface area contributed by atoms with Crippen LogP contribution in [-0.2, 0) is 19.4 Å². The van der Waals surface area contributed by atoms with Crippen molar-refractivity contribution >= 4 is 5.91 Å². The number of nitrogens with two attached hydrogens (primary N) is 1. The molecular formula is C22H23FN2O2. The number of primary amides is 1. The molecule has 3 aromatic rings. The molecule has 4 nitrogen and oxygen atoms in total. The number of hydrogen-bond donors (Lipinski definition) is 2. The van der Waals surface area contributed by atoms with Gasteiger partial charge in [-0.05, 0) is 55.2 Å². The average Bonchev–Trinajstić information content (AvgIpc) is 2.93. The summed E-state index contributed by atoms with van der Waals surface area (Å²) in [5, 5.41) is 9.43. The zero-order valence-corrected chi connectivity index (χ0v) is 15.5. The van der Waals surface area contributed by atoms with Crippen molar-refractivity contribution in [2.45, 2.75) is 33.2 Å². The molecule has 0 spiro atoms. The fourth-order valence-electron chi connectivity index (χ4n) is 3.60. The highest BCUT2D eigenvalue weighted by molar-refractivity contribution is 6.02. The van der Waals surface area contributed by atoms with Crippen LogP contribution in [0.2, 0.25) is 0 Å². The molecule has 0 saturated carbocycles. The highest BCUT2D eigenvalue weighted by atomic mass is 19.1. The van der Waals surface area contributed by atoms with Crippen molar-refractivity contribution in [2.75, 3.05) is 0 Å². The fourth-order valence-corrected chi connectivity index (χ4v) is 3.60. The molecule has 0 aliphatic carbocycles. The molecule has 0 unspecified atom stereocenters. The van der Waals surface area contributed by atoms with Crippen molar-refractivity contribution in [3.05, 3.63) is 76.9 Å². The summed E-state index contributed by atoms with van der Waals surface area (Å²) in [6, 6.07) is 13.2. The second-order valence-electron chi connectivity index (χ2n) is 6.57. The Hall–Kier alpha value is -3.08. The SMILES string of the molecule is CCc1c(-c2ccc(F)cc2)c(C(N)=O)c(C)n1CCc1ccc(O)cc1. The fraction of sp³-hybridized carbons (Fsp3) is 0.227. The Bertz CT molecular complexity index is 957. The first-order chi connectivity index (χ1) is 12.9. The second kappa shape index (κ2) is 7.66. The maximum atomic E-state index is 13.4. The molecule has 1 amide bonds. The molecular weight excluding hydrogens is 343 g/mol. The monoisotopic (exact) mass is 366 g/mol. The van der Waals surface area contributed by atoms with Gasteiger partial charge in [-0.1, -0.05) is 31.2 Å². The third-order valence-electron chi connectivity index (χ3n) is 4.91. The van der Waals surface area contributed by atoms with Crippen LogP contribution in [0.1, 0.15) is 34.2 Å². The maximum absolute atomic E-state index is 13.4. The molecule has 0 bridgehead atoms. The largest absolute Gasteiger partial charge is 0.508 e. The maximum Gasteiger partial charge on any atom is 0.251 e. The molecule has 0 atom stereocenters. The van der Waals surface area contributed by atoms with E-state index in [1.165, 1.54) is 12.1 Å². The Morgan fingerprint density at radius 1 is 1.11 bits per heavy atom. The third kappa shape index (κ3) is 3.72. The van der Waals surface area contributed by atoms with E-state index in [0.717, 1.165) is 40.9 Å². The topological polar surface area (TPSA) is 68.2 Å². The summed E-state index contributed by atoms with van der Waals surface area (Å²) in [6.07, 6.45) is 1.47. The number of phenols is 1. The predicted molar refractivity (Wildman–Crippen MR) is 104 cm³/mol. The molecule has 0 aliphatic rings. The zero-order chi connectivity index (χ0) is 19.6. The summed E-state index contributed by atoms with van der Waals surface area (Å²) < 4.78 is 15.5. The van der Waals surface area contributed by atoms with E-state index in [-0.39, 0.29) is 11.6 Å². The number of aromatic hydroxyl groups is 1. The van der Waals surface area contributed by atoms with E-state index < -0.39 is 5.91 Å². The Morgan fingerprint density at radius 2 is 1.74 bits per heavy atom. The highest BCUT2D eigenvalue weighted by Gasteiger charge is 2.23. The Labute approximate surface area is 158 Å². The van der Waals surface area contributed by atoms with Gasteiger partial charge in [0.05, 0.1) is 5.56 Å². The smallest absolute Gasteiger partial charge is 0.251 e. The van der Waals surface area contributed by atoms with Crippen molar-refractivity contribution in [3.8, 4) is 16.9 Å². The molecule has 1 heterocycles. The summed E-state index contributed by atoms with van der Waals surface area (Å²) in [4.78, 5) is 12.2. The quantitative estimate of drug-likeness (QED) is 0.686. The van der Waals surface area contributed by atoms with Gasteiger partial charge in [0.15, 0.2) is 0 Å². The van der Waals surface area contributed by atoms with Crippen LogP contribution in [0.25, 0.3) is 11.1 Å². The number of aryl methyl sites for hydroxylation is 1. The number of halogens is 1. The minimum atomic E-state index is -0.482. The molecule has 0 aliphatic heterocycles. The number of aromatic nitrogens is 1. The van der Waals surface area contributed by atoms with E-state index in [2.05, 4.69) is 4.57 Å². The molecule has 140 valence electrons. The van der Waals surface area contributed by atoms with Gasteiger partial charge in [0.25, 0.3) is 5.91 Å². The van der Waals surface area contributed by atoms with E-state index in [0.29, 0.717) is 12.1 Å². The number of nitrogens with zero attached hydrogens (tertiary/aromatic N) is 1. The van der Waals surface area contributed by atoms with Crippen LogP contribution in [0.3, 0.4) is 0 Å². The third-order valence-corrected chi connectivity index (χ3v) is 4.91. The molecule has 0 fully saturated rings. The average molecular weight is 366 g/mol. The second-order valence-corrected chi connectivity index (χ2v) is 6.57. The van der Waals surface area contributed by atoms with Crippen molar-refractivity contribution in [1.29, 1.82) is 0 Å². The Morgan fingerprint density at radius 3 is 2.30 bits per heavy atom. The van der Waals surface area contributed by atoms with Gasteiger partial charge in [-0.2, -0.15) is 0 Å². The lowest BCUT2D eigenvalue weighted by Crippen LogP contribution is -2.14. The molecule has 27 heavy (non-hydrogen) atoms. The minimum Gasteiger partial charge on any atom is -0.508 e. The van der Waals surface area contributed by atoms with Crippen LogP contribution in [0.4, 0.5) is 4.39 Å². The van der Waals surface area contributed by atoms with Crippen molar-refractivity contribution in [2.24, 2.45) is 5.73 Å². The van der Waals surface area contributed by atoms with Crippen molar-refractivity contribution in [3.63, 3.8) is 0 Å². The predicted octanol–water partition coefficient (Wildman–Crippen LogP) is 4.21. The van der Waals surface area contributed by atoms with E-state index in [1.807, 2.05) is 26.0 Å². The molecule has 1 aromatic heterocycles. The van der Waals surface area contributed by atoms with E-state index in [9.17, 15) is 14.3 Å². The van der Waals surface area contributed by atoms with Gasteiger partial charge in [-0.3, -0.25) is 4.79 Å². The molecule has 0 radical (unpaired) electrons. The molecule has 5 heteroatoms. The van der Waals surface area contributed by atoms with Gasteiger partial charge in [0, 0.05) is 23.5 Å². The van der Waals surface area contributed by atoms with Gasteiger partial charge in [0.1, 0.15) is 11.6 Å². The summed E-state index contributed by atoms with van der Waals surface area (Å²) in [5.74, 6) is -0.564. The highest BCUT2D eigenvalue weighted by Crippen LogP contribution is 2.33. The van der Waals surface area contributed by atoms with Crippen LogP contribution >= 0.6 is 0 Å². The van der Waals surface area contributed by atoms with E-state index in [1.54, 1.807) is 24.3 Å². The van der Waals surface area contributed by atoms with Gasteiger partial charge in [-0.25, -0.2) is 4.39 Å². The minimum absolute atomic E-state index is 0.236. The standard InChI is InChI=1S/C22H23FN2O2/c1-3-19-21(16-6-8-17(23)9-7-16)20(22(24)27)14(2)25(19)13-12-15-4-10-18(26)11-5-15/h4-11,26H,3,12-13H2,1-2H3,(H2,24,27). The number of amides is 1. The Kier molecular flexibility index (Phi) is 5.31. The molecule has 3 N–H and O–H groups in total. The van der Waals surface area contributed by atoms with Crippen molar-refractivity contribution < 1.29 is 14.3 Å². The van der Waals surface area contributed by atoms with Crippen LogP contribution in [0.15, 0.2) is 48.5 Å². The number of phenolic OH excluding ortho intramolecular Hbond substituents is 1. The van der Waals surface area contributed by atoms with E-state index >= 15 is 0 Å². The first kappa shape index (κ1) is 18.7. The Balaban J connectivity index is 2.05. The van der Waals surface area contributed by atoms with Crippen molar-refractivity contribution in [1.82, 2.24) is 4.57 Å². The number of benzene rings is 2. The van der Waals surface area contributed by atoms with Gasteiger partial charge < -0.3 is 15.4 Å². The van der Waals surface area contributed by atoms with Crippen LogP contribution in [-0.4, -0.2) is 15.6 Å². The number of rotatable bonds is 6. The van der Waals surface area contributed by atoms with Crippen LogP contribution < -0.4 is 5.73 Å². The lowest BCUT2D eigenvalue weighted by Gasteiger charge is -2.12. The number of hydrogen-bond acceptors (Lipinski definition) is 2. The number of carbonyl (C=O) groups excluding carboxylic acids is 1. The van der Waals surface area contributed by atoms with Crippen LogP contribution in [0.5, 0.6) is 5.75 Å². The summed E-state index contributed by atoms with van der Waals surface area (Å²) in [7, 11) is 0. The van der Waals surface area contributed by atoms with Gasteiger partial charge in [0.2, 0.25) is 0 Å². The summed E-state index contributed by atoms with van der Waals surface area (Å²) >= 11 is 0. The molecule has 3 rings (SSSR count). The first-order valence-corrected chi connectivity index (χ1v) is 8.98. The first-order valence-electron chi connectivity index (χ1n) is 8.98. The molecule has 2 aromatic carbocycles. The summed E-state index contributed by atoms with van der Waals surface area (Å²) in [5.41, 5.74) is 10.7. The normalized spacial score (nSPS) is 10.9. The van der Waals surface area contributed by atoms with E-state index in [4.69, 9.17) is 5.73 Å². The van der Waals surface area contributed by atoms with Crippen LogP contribution in [0, 0.1) is 12.7 Å². The lowest BCUT2D eigenvalue weighted by molar-refractivity contribution is 0.1000. The van der Waals surface area contributed by atoms with Gasteiger partial charge in [-0.15, -0.1) is 0 Å². The van der Waals surface area contributed by atoms with Gasteiger partial charge >= 0.3 is 0 Å².